The molecule has 1 amide bonds. The van der Waals surface area contributed by atoms with Crippen molar-refractivity contribution in [1.82, 2.24) is 4.31 Å². The van der Waals surface area contributed by atoms with E-state index in [1.54, 1.807) is 13.8 Å². The SMILES string of the molecule is CCN(CC)S(=O)(=O)c1cc(C(=O)Nc2cc(OC)c(OC)cc2C(=O)OC)ccc1OC. The number of rotatable bonds is 10. The summed E-state index contributed by atoms with van der Waals surface area (Å²) in [6.45, 7) is 3.95. The minimum atomic E-state index is -3.90. The van der Waals surface area contributed by atoms with Crippen LogP contribution in [0.3, 0.4) is 0 Å². The van der Waals surface area contributed by atoms with Gasteiger partial charge in [0.05, 0.1) is 39.7 Å². The van der Waals surface area contributed by atoms with Crippen LogP contribution in [0.5, 0.6) is 17.2 Å². The van der Waals surface area contributed by atoms with E-state index in [9.17, 15) is 18.0 Å². The van der Waals surface area contributed by atoms with Crippen molar-refractivity contribution in [2.24, 2.45) is 0 Å². The van der Waals surface area contributed by atoms with Gasteiger partial charge in [-0.3, -0.25) is 4.79 Å². The molecule has 2 rings (SSSR count). The maximum absolute atomic E-state index is 13.1. The van der Waals surface area contributed by atoms with Gasteiger partial charge in [-0.1, -0.05) is 13.8 Å². The number of nitrogens with one attached hydrogen (secondary N) is 1. The summed E-state index contributed by atoms with van der Waals surface area (Å²) in [5, 5.41) is 2.62. The molecule has 10 nitrogen and oxygen atoms in total. The number of ether oxygens (including phenoxy) is 4. The molecule has 0 heterocycles. The van der Waals surface area contributed by atoms with Crippen LogP contribution in [0.2, 0.25) is 0 Å². The maximum Gasteiger partial charge on any atom is 0.340 e. The number of methoxy groups -OCH3 is 4. The normalized spacial score (nSPS) is 11.1. The minimum Gasteiger partial charge on any atom is -0.495 e. The number of anilines is 1. The summed E-state index contributed by atoms with van der Waals surface area (Å²) in [7, 11) is 1.48. The van der Waals surface area contributed by atoms with Crippen molar-refractivity contribution in [3.05, 3.63) is 41.5 Å². The third kappa shape index (κ3) is 5.37. The van der Waals surface area contributed by atoms with Gasteiger partial charge in [0, 0.05) is 30.8 Å². The highest BCUT2D eigenvalue weighted by Gasteiger charge is 2.27. The third-order valence-electron chi connectivity index (χ3n) is 4.93. The Morgan fingerprint density at radius 3 is 1.97 bits per heavy atom. The predicted octanol–water partition coefficient (Wildman–Crippen LogP) is 2.78. The molecule has 0 aliphatic rings. The third-order valence-corrected chi connectivity index (χ3v) is 7.00. The van der Waals surface area contributed by atoms with Crippen LogP contribution in [0.15, 0.2) is 35.2 Å². The molecule has 1 N–H and O–H groups in total. The zero-order valence-corrected chi connectivity index (χ0v) is 20.2. The van der Waals surface area contributed by atoms with Gasteiger partial charge in [0.15, 0.2) is 11.5 Å². The van der Waals surface area contributed by atoms with Crippen LogP contribution in [0.25, 0.3) is 0 Å². The highest BCUT2D eigenvalue weighted by atomic mass is 32.2. The molecular formula is C22H28N2O8S. The average Bonchev–Trinajstić information content (AvgIpc) is 2.83. The zero-order chi connectivity index (χ0) is 24.8. The maximum atomic E-state index is 13.1. The first-order chi connectivity index (χ1) is 15.7. The number of sulfonamides is 1. The van der Waals surface area contributed by atoms with E-state index >= 15 is 0 Å². The Bertz CT molecular complexity index is 1130. The van der Waals surface area contributed by atoms with E-state index in [2.05, 4.69) is 5.32 Å². The van der Waals surface area contributed by atoms with E-state index in [0.29, 0.717) is 0 Å². The van der Waals surface area contributed by atoms with Gasteiger partial charge >= 0.3 is 5.97 Å². The van der Waals surface area contributed by atoms with E-state index in [4.69, 9.17) is 18.9 Å². The lowest BCUT2D eigenvalue weighted by Crippen LogP contribution is -2.31. The molecule has 0 unspecified atom stereocenters. The van der Waals surface area contributed by atoms with Crippen LogP contribution in [-0.4, -0.2) is 66.1 Å². The standard InChI is InChI=1S/C22H28N2O8S/c1-7-24(8-2)33(27,28)20-11-14(9-10-17(20)29-3)21(25)23-16-13-19(31-5)18(30-4)12-15(16)22(26)32-6/h9-13H,7-8H2,1-6H3,(H,23,25). The van der Waals surface area contributed by atoms with Crippen molar-refractivity contribution < 1.29 is 37.0 Å². The Hall–Kier alpha value is -3.31. The largest absolute Gasteiger partial charge is 0.495 e. The smallest absolute Gasteiger partial charge is 0.340 e. The number of hydrogen-bond acceptors (Lipinski definition) is 8. The second-order valence-corrected chi connectivity index (χ2v) is 8.56. The number of hydrogen-bond donors (Lipinski definition) is 1. The molecule has 0 radical (unpaired) electrons. The molecule has 0 aromatic heterocycles. The summed E-state index contributed by atoms with van der Waals surface area (Å²) < 4.78 is 47.9. The van der Waals surface area contributed by atoms with Crippen molar-refractivity contribution >= 4 is 27.6 Å². The molecule has 180 valence electrons. The Balaban J connectivity index is 2.55. The van der Waals surface area contributed by atoms with Gasteiger partial charge in [-0.2, -0.15) is 4.31 Å². The number of carbonyl (C=O) groups excluding carboxylic acids is 2. The number of carbonyl (C=O) groups is 2. The van der Waals surface area contributed by atoms with E-state index in [-0.39, 0.29) is 52.0 Å². The topological polar surface area (TPSA) is 120 Å². The molecule has 0 aliphatic heterocycles. The first-order valence-electron chi connectivity index (χ1n) is 10.0. The summed E-state index contributed by atoms with van der Waals surface area (Å²) in [6.07, 6.45) is 0. The van der Waals surface area contributed by atoms with Gasteiger partial charge in [-0.25, -0.2) is 13.2 Å². The summed E-state index contributed by atoms with van der Waals surface area (Å²) in [5.74, 6) is -0.690. The molecule has 0 atom stereocenters. The highest BCUT2D eigenvalue weighted by Crippen LogP contribution is 2.34. The lowest BCUT2D eigenvalue weighted by atomic mass is 10.1. The lowest BCUT2D eigenvalue weighted by Gasteiger charge is -2.20. The van der Waals surface area contributed by atoms with E-state index in [1.807, 2.05) is 0 Å². The molecule has 0 fully saturated rings. The number of esters is 1. The van der Waals surface area contributed by atoms with Crippen molar-refractivity contribution in [1.29, 1.82) is 0 Å². The molecule has 0 saturated heterocycles. The monoisotopic (exact) mass is 480 g/mol. The van der Waals surface area contributed by atoms with Gasteiger partial charge in [0.25, 0.3) is 5.91 Å². The fourth-order valence-corrected chi connectivity index (χ4v) is 4.82. The Kier molecular flexibility index (Phi) is 8.66. The molecule has 0 saturated carbocycles. The van der Waals surface area contributed by atoms with Crippen LogP contribution in [0.1, 0.15) is 34.6 Å². The molecule has 2 aromatic carbocycles. The Morgan fingerprint density at radius 1 is 0.879 bits per heavy atom. The van der Waals surface area contributed by atoms with Crippen LogP contribution < -0.4 is 19.5 Å². The van der Waals surface area contributed by atoms with Crippen LogP contribution in [-0.2, 0) is 14.8 Å². The first-order valence-corrected chi connectivity index (χ1v) is 11.5. The summed E-state index contributed by atoms with van der Waals surface area (Å²) >= 11 is 0. The summed E-state index contributed by atoms with van der Waals surface area (Å²) in [6, 6.07) is 6.86. The van der Waals surface area contributed by atoms with Crippen molar-refractivity contribution in [2.45, 2.75) is 18.7 Å². The first kappa shape index (κ1) is 25.9. The molecule has 2 aromatic rings. The predicted molar refractivity (Wildman–Crippen MR) is 122 cm³/mol. The van der Waals surface area contributed by atoms with Gasteiger partial charge in [0.1, 0.15) is 10.6 Å². The van der Waals surface area contributed by atoms with E-state index < -0.39 is 21.9 Å². The highest BCUT2D eigenvalue weighted by molar-refractivity contribution is 7.89. The fraction of sp³-hybridized carbons (Fsp3) is 0.364. The van der Waals surface area contributed by atoms with Gasteiger partial charge in [-0.15, -0.1) is 0 Å². The van der Waals surface area contributed by atoms with E-state index in [0.717, 1.165) is 0 Å². The van der Waals surface area contributed by atoms with Gasteiger partial charge in [-0.05, 0) is 18.2 Å². The van der Waals surface area contributed by atoms with Crippen LogP contribution >= 0.6 is 0 Å². The quantitative estimate of drug-likeness (QED) is 0.516. The van der Waals surface area contributed by atoms with Crippen LogP contribution in [0.4, 0.5) is 5.69 Å². The summed E-state index contributed by atoms with van der Waals surface area (Å²) in [4.78, 5) is 25.2. The molecule has 0 spiro atoms. The van der Waals surface area contributed by atoms with Gasteiger partial charge in [0.2, 0.25) is 10.0 Å². The van der Waals surface area contributed by atoms with Crippen LogP contribution in [0, 0.1) is 0 Å². The average molecular weight is 481 g/mol. The number of benzene rings is 2. The second kappa shape index (κ2) is 11.0. The minimum absolute atomic E-state index is 0.0352. The van der Waals surface area contributed by atoms with Gasteiger partial charge < -0.3 is 24.3 Å². The molecule has 0 bridgehead atoms. The molecular weight excluding hydrogens is 452 g/mol. The molecule has 0 aliphatic carbocycles. The zero-order valence-electron chi connectivity index (χ0n) is 19.4. The Morgan fingerprint density at radius 2 is 1.45 bits per heavy atom. The Labute approximate surface area is 193 Å². The van der Waals surface area contributed by atoms with Crippen molar-refractivity contribution in [3.8, 4) is 17.2 Å². The second-order valence-electron chi connectivity index (χ2n) is 6.65. The fourth-order valence-electron chi connectivity index (χ4n) is 3.18. The van der Waals surface area contributed by atoms with E-state index in [1.165, 1.54) is 63.1 Å². The number of nitrogens with zero attached hydrogens (tertiary/aromatic N) is 1. The molecule has 33 heavy (non-hydrogen) atoms. The molecule has 11 heteroatoms. The number of amides is 1. The van der Waals surface area contributed by atoms with Crippen molar-refractivity contribution in [3.63, 3.8) is 0 Å². The lowest BCUT2D eigenvalue weighted by molar-refractivity contribution is 0.0601. The summed E-state index contributed by atoms with van der Waals surface area (Å²) in [5.41, 5.74) is 0.189. The van der Waals surface area contributed by atoms with Crippen molar-refractivity contribution in [2.75, 3.05) is 46.8 Å².